The molecule has 0 aromatic carbocycles. The van der Waals surface area contributed by atoms with Crippen LogP contribution in [0.5, 0.6) is 0 Å². The van der Waals surface area contributed by atoms with Gasteiger partial charge in [-0.3, -0.25) is 0 Å². The Kier molecular flexibility index (Phi) is 2.88. The molecule has 0 atom stereocenters. The molecule has 9 rings (SSSR count). The molecule has 0 spiro atoms. The summed E-state index contributed by atoms with van der Waals surface area (Å²) in [5.41, 5.74) is 0.777. The van der Waals surface area contributed by atoms with Gasteiger partial charge in [0.15, 0.2) is 4.77 Å². The van der Waals surface area contributed by atoms with Gasteiger partial charge in [-0.15, -0.1) is 0 Å². The number of imidazole rings is 1. The first kappa shape index (κ1) is 15.4. The summed E-state index contributed by atoms with van der Waals surface area (Å²) in [6.07, 6.45) is 22.4. The monoisotopic (exact) mass is 368 g/mol. The molecule has 0 aliphatic heterocycles. The van der Waals surface area contributed by atoms with Gasteiger partial charge in [-0.1, -0.05) is 0 Å². The quantitative estimate of drug-likeness (QED) is 0.594. The van der Waals surface area contributed by atoms with E-state index in [0.29, 0.717) is 11.1 Å². The van der Waals surface area contributed by atoms with E-state index in [4.69, 9.17) is 12.2 Å². The molecule has 1 aromatic rings. The van der Waals surface area contributed by atoms with Gasteiger partial charge >= 0.3 is 0 Å². The summed E-state index contributed by atoms with van der Waals surface area (Å²) in [6.45, 7) is 0. The van der Waals surface area contributed by atoms with Crippen molar-refractivity contribution in [3.63, 3.8) is 0 Å². The lowest BCUT2D eigenvalue weighted by Gasteiger charge is -2.58. The minimum absolute atomic E-state index is 0.388. The Hall–Kier alpha value is -0.570. The molecule has 1 aromatic heterocycles. The molecule has 1 heterocycles. The molecule has 8 bridgehead atoms. The predicted molar refractivity (Wildman–Crippen MR) is 106 cm³/mol. The summed E-state index contributed by atoms with van der Waals surface area (Å²) in [4.78, 5) is 0. The Morgan fingerprint density at radius 3 is 1.12 bits per heavy atom. The van der Waals surface area contributed by atoms with Crippen molar-refractivity contribution in [1.29, 1.82) is 0 Å². The van der Waals surface area contributed by atoms with Crippen LogP contribution in [-0.2, 0) is 11.1 Å². The van der Waals surface area contributed by atoms with Gasteiger partial charge in [0.25, 0.3) is 0 Å². The number of rotatable bonds is 2. The maximum atomic E-state index is 6.22. The second-order valence-electron chi connectivity index (χ2n) is 11.6. The molecule has 3 heteroatoms. The summed E-state index contributed by atoms with van der Waals surface area (Å²) in [7, 11) is 0. The molecule has 0 unspecified atom stereocenters. The van der Waals surface area contributed by atoms with E-state index in [0.717, 1.165) is 35.5 Å². The molecular formula is C23H32N2S. The minimum atomic E-state index is 0.388. The molecule has 0 saturated heterocycles. The highest BCUT2D eigenvalue weighted by atomic mass is 32.1. The third-order valence-corrected chi connectivity index (χ3v) is 10.2. The largest absolute Gasteiger partial charge is 0.318 e. The first-order valence-corrected chi connectivity index (χ1v) is 11.8. The van der Waals surface area contributed by atoms with Crippen LogP contribution in [-0.4, -0.2) is 9.13 Å². The zero-order chi connectivity index (χ0) is 17.1. The first-order valence-electron chi connectivity index (χ1n) is 11.4. The lowest BCUT2D eigenvalue weighted by atomic mass is 9.53. The standard InChI is InChI=1S/C23H32N2S/c26-21-24(22-9-15-3-16(10-22)5-17(4-15)11-22)1-2-25(21)23-12-18-6-19(13-23)8-20(7-18)14-23/h1-2,15-20H,3-14H2. The van der Waals surface area contributed by atoms with Gasteiger partial charge in [0.2, 0.25) is 0 Å². The third-order valence-electron chi connectivity index (χ3n) is 9.81. The average Bonchev–Trinajstić information content (AvgIpc) is 2.95. The lowest BCUT2D eigenvalue weighted by Crippen LogP contribution is -2.53. The fourth-order valence-corrected chi connectivity index (χ4v) is 10.3. The van der Waals surface area contributed by atoms with Gasteiger partial charge in [0, 0.05) is 23.5 Å². The van der Waals surface area contributed by atoms with Crippen molar-refractivity contribution >= 4 is 12.2 Å². The molecule has 8 fully saturated rings. The van der Waals surface area contributed by atoms with Gasteiger partial charge in [-0.2, -0.15) is 0 Å². The number of hydrogen-bond acceptors (Lipinski definition) is 1. The zero-order valence-electron chi connectivity index (χ0n) is 15.9. The van der Waals surface area contributed by atoms with Crippen LogP contribution in [0.15, 0.2) is 12.4 Å². The molecular weight excluding hydrogens is 336 g/mol. The Morgan fingerprint density at radius 1 is 0.577 bits per heavy atom. The van der Waals surface area contributed by atoms with E-state index in [9.17, 15) is 0 Å². The van der Waals surface area contributed by atoms with Crippen LogP contribution in [0.3, 0.4) is 0 Å². The Balaban J connectivity index is 1.31. The number of nitrogens with zero attached hydrogens (tertiary/aromatic N) is 2. The minimum Gasteiger partial charge on any atom is -0.318 e. The van der Waals surface area contributed by atoms with Gasteiger partial charge < -0.3 is 9.13 Å². The van der Waals surface area contributed by atoms with Gasteiger partial charge in [-0.25, -0.2) is 0 Å². The molecule has 0 radical (unpaired) electrons. The Labute approximate surface area is 162 Å². The normalized spacial score (nSPS) is 53.5. The van der Waals surface area contributed by atoms with E-state index < -0.39 is 0 Å². The molecule has 0 amide bonds. The predicted octanol–water partition coefficient (Wildman–Crippen LogP) is 5.87. The second-order valence-corrected chi connectivity index (χ2v) is 12.0. The summed E-state index contributed by atoms with van der Waals surface area (Å²) in [5, 5.41) is 0. The maximum Gasteiger partial charge on any atom is 0.180 e. The zero-order valence-corrected chi connectivity index (χ0v) is 16.7. The molecule has 140 valence electrons. The van der Waals surface area contributed by atoms with Crippen LogP contribution >= 0.6 is 12.2 Å². The van der Waals surface area contributed by atoms with E-state index in [1.165, 1.54) is 81.8 Å². The van der Waals surface area contributed by atoms with Crippen molar-refractivity contribution in [3.8, 4) is 0 Å². The average molecular weight is 369 g/mol. The molecule has 8 aliphatic carbocycles. The van der Waals surface area contributed by atoms with Crippen molar-refractivity contribution in [2.24, 2.45) is 35.5 Å². The van der Waals surface area contributed by atoms with Crippen LogP contribution in [0, 0.1) is 40.3 Å². The van der Waals surface area contributed by atoms with E-state index in [-0.39, 0.29) is 0 Å². The SMILES string of the molecule is S=c1n(C23CC4CC(CC(C4)C2)C3)ccn1C12CC3CC(CC(C3)C1)C2. The van der Waals surface area contributed by atoms with Gasteiger partial charge in [0.1, 0.15) is 0 Å². The lowest BCUT2D eigenvalue weighted by molar-refractivity contribution is -0.0521. The Morgan fingerprint density at radius 2 is 0.846 bits per heavy atom. The highest BCUT2D eigenvalue weighted by Crippen LogP contribution is 2.61. The van der Waals surface area contributed by atoms with Crippen LogP contribution in [0.25, 0.3) is 0 Å². The van der Waals surface area contributed by atoms with Crippen molar-refractivity contribution in [1.82, 2.24) is 9.13 Å². The van der Waals surface area contributed by atoms with Crippen molar-refractivity contribution in [2.75, 3.05) is 0 Å². The van der Waals surface area contributed by atoms with Crippen molar-refractivity contribution in [3.05, 3.63) is 17.2 Å². The van der Waals surface area contributed by atoms with Gasteiger partial charge in [-0.05, 0) is 125 Å². The number of hydrogen-bond donors (Lipinski definition) is 0. The third kappa shape index (κ3) is 1.92. The summed E-state index contributed by atoms with van der Waals surface area (Å²) in [6, 6.07) is 0. The van der Waals surface area contributed by atoms with Gasteiger partial charge in [0.05, 0.1) is 0 Å². The van der Waals surface area contributed by atoms with E-state index in [1.807, 2.05) is 0 Å². The highest BCUT2D eigenvalue weighted by molar-refractivity contribution is 7.71. The molecule has 8 aliphatic rings. The van der Waals surface area contributed by atoms with Crippen molar-refractivity contribution < 1.29 is 0 Å². The molecule has 0 N–H and O–H groups in total. The van der Waals surface area contributed by atoms with E-state index in [1.54, 1.807) is 0 Å². The van der Waals surface area contributed by atoms with Crippen molar-refractivity contribution in [2.45, 2.75) is 88.1 Å². The first-order chi connectivity index (χ1) is 12.6. The van der Waals surface area contributed by atoms with Crippen LogP contribution in [0.4, 0.5) is 0 Å². The number of aromatic nitrogens is 2. The van der Waals surface area contributed by atoms with Crippen LogP contribution < -0.4 is 0 Å². The van der Waals surface area contributed by atoms with Crippen LogP contribution in [0.2, 0.25) is 0 Å². The molecule has 26 heavy (non-hydrogen) atoms. The fraction of sp³-hybridized carbons (Fsp3) is 0.870. The Bertz CT molecular complexity index is 679. The fourth-order valence-electron chi connectivity index (χ4n) is 9.82. The second kappa shape index (κ2) is 4.88. The summed E-state index contributed by atoms with van der Waals surface area (Å²) >= 11 is 6.22. The highest BCUT2D eigenvalue weighted by Gasteiger charge is 2.54. The topological polar surface area (TPSA) is 9.86 Å². The van der Waals surface area contributed by atoms with Crippen LogP contribution in [0.1, 0.15) is 77.0 Å². The summed E-state index contributed by atoms with van der Waals surface area (Å²) in [5.74, 6) is 5.95. The van der Waals surface area contributed by atoms with E-state index >= 15 is 0 Å². The summed E-state index contributed by atoms with van der Waals surface area (Å²) < 4.78 is 6.45. The molecule has 2 nitrogen and oxygen atoms in total. The maximum absolute atomic E-state index is 6.22. The molecule has 8 saturated carbocycles. The van der Waals surface area contributed by atoms with E-state index in [2.05, 4.69) is 21.5 Å². The smallest absolute Gasteiger partial charge is 0.180 e.